The van der Waals surface area contributed by atoms with Gasteiger partial charge in [-0.2, -0.15) is 0 Å². The minimum atomic E-state index is -0.518. The van der Waals surface area contributed by atoms with Gasteiger partial charge in [0.25, 0.3) is 0 Å². The highest BCUT2D eigenvalue weighted by Gasteiger charge is 2.13. The molecule has 0 spiro atoms. The topological polar surface area (TPSA) is 20.2 Å². The fourth-order valence-corrected chi connectivity index (χ4v) is 3.40. The summed E-state index contributed by atoms with van der Waals surface area (Å²) in [6.07, 6.45) is 0.408. The highest BCUT2D eigenvalue weighted by atomic mass is 32.1. The molecule has 21 heavy (non-hydrogen) atoms. The van der Waals surface area contributed by atoms with Gasteiger partial charge in [0.1, 0.15) is 6.10 Å². The van der Waals surface area contributed by atoms with E-state index in [0.29, 0.717) is 0 Å². The Balaban J connectivity index is 1.77. The van der Waals surface area contributed by atoms with Crippen LogP contribution in [0.25, 0.3) is 0 Å². The molecule has 0 saturated carbocycles. The van der Waals surface area contributed by atoms with E-state index in [1.54, 1.807) is 11.3 Å². The maximum Gasteiger partial charge on any atom is 0.113 e. The van der Waals surface area contributed by atoms with Crippen LogP contribution in [0, 0.1) is 6.92 Å². The lowest BCUT2D eigenvalue weighted by Crippen LogP contribution is -1.99. The van der Waals surface area contributed by atoms with Crippen molar-refractivity contribution in [2.75, 3.05) is 0 Å². The summed E-state index contributed by atoms with van der Waals surface area (Å²) in [5.74, 6) is 0. The van der Waals surface area contributed by atoms with Crippen molar-refractivity contribution < 1.29 is 5.11 Å². The van der Waals surface area contributed by atoms with E-state index in [1.807, 2.05) is 36.6 Å². The normalized spacial score (nSPS) is 12.3. The van der Waals surface area contributed by atoms with E-state index in [1.165, 1.54) is 11.1 Å². The first-order valence-corrected chi connectivity index (χ1v) is 7.97. The van der Waals surface area contributed by atoms with Crippen molar-refractivity contribution in [3.05, 3.63) is 93.2 Å². The average molecular weight is 294 g/mol. The van der Waals surface area contributed by atoms with E-state index in [4.69, 9.17) is 0 Å². The number of hydrogen-bond acceptors (Lipinski definition) is 2. The first-order chi connectivity index (χ1) is 10.2. The van der Waals surface area contributed by atoms with Gasteiger partial charge in [0, 0.05) is 4.88 Å². The molecule has 0 aliphatic heterocycles. The zero-order chi connectivity index (χ0) is 14.7. The zero-order valence-electron chi connectivity index (χ0n) is 12.0. The highest BCUT2D eigenvalue weighted by Crippen LogP contribution is 2.29. The van der Waals surface area contributed by atoms with Gasteiger partial charge in [0.15, 0.2) is 0 Å². The van der Waals surface area contributed by atoms with E-state index in [9.17, 15) is 5.11 Å². The van der Waals surface area contributed by atoms with Gasteiger partial charge in [-0.15, -0.1) is 11.3 Å². The predicted octanol–water partition coefficient (Wildman–Crippen LogP) is 4.73. The zero-order valence-corrected chi connectivity index (χ0v) is 12.8. The summed E-state index contributed by atoms with van der Waals surface area (Å²) < 4.78 is 0. The molecular formula is C19H18OS. The smallest absolute Gasteiger partial charge is 0.113 e. The second kappa shape index (κ2) is 6.25. The predicted molar refractivity (Wildman–Crippen MR) is 88.8 cm³/mol. The summed E-state index contributed by atoms with van der Waals surface area (Å²) in [5, 5.41) is 12.5. The van der Waals surface area contributed by atoms with Crippen LogP contribution in [0.3, 0.4) is 0 Å². The number of aliphatic hydroxyl groups excluding tert-OH is 1. The lowest BCUT2D eigenvalue weighted by molar-refractivity contribution is 0.223. The standard InChI is InChI=1S/C19H18OS/c1-14-11-12-21-19(14)18(20)17-9-7-16(8-10-17)13-15-5-3-2-4-6-15/h2-12,18,20H,13H2,1H3. The summed E-state index contributed by atoms with van der Waals surface area (Å²) in [6, 6.07) is 20.8. The third-order valence-electron chi connectivity index (χ3n) is 3.70. The Bertz CT molecular complexity index is 698. The number of hydrogen-bond donors (Lipinski definition) is 1. The summed E-state index contributed by atoms with van der Waals surface area (Å²) in [4.78, 5) is 1.03. The maximum absolute atomic E-state index is 10.5. The molecule has 2 heteroatoms. The molecule has 0 fully saturated rings. The van der Waals surface area contributed by atoms with Gasteiger partial charge in [0.05, 0.1) is 0 Å². The molecule has 3 aromatic rings. The Morgan fingerprint density at radius 1 is 0.905 bits per heavy atom. The van der Waals surface area contributed by atoms with Crippen LogP contribution in [0.15, 0.2) is 66.0 Å². The van der Waals surface area contributed by atoms with Gasteiger partial charge in [-0.25, -0.2) is 0 Å². The van der Waals surface area contributed by atoms with Crippen molar-refractivity contribution in [1.82, 2.24) is 0 Å². The highest BCUT2D eigenvalue weighted by molar-refractivity contribution is 7.10. The Kier molecular flexibility index (Phi) is 4.18. The molecule has 2 aromatic carbocycles. The van der Waals surface area contributed by atoms with Gasteiger partial charge in [0.2, 0.25) is 0 Å². The lowest BCUT2D eigenvalue weighted by Gasteiger charge is -2.11. The molecule has 0 aliphatic carbocycles. The number of aryl methyl sites for hydroxylation is 1. The molecule has 0 saturated heterocycles. The number of aliphatic hydroxyl groups is 1. The summed E-state index contributed by atoms with van der Waals surface area (Å²) in [6.45, 7) is 2.04. The van der Waals surface area contributed by atoms with Gasteiger partial charge in [-0.1, -0.05) is 54.6 Å². The van der Waals surface area contributed by atoms with Crippen LogP contribution < -0.4 is 0 Å². The number of rotatable bonds is 4. The second-order valence-corrected chi connectivity index (χ2v) is 6.22. The van der Waals surface area contributed by atoms with E-state index in [0.717, 1.165) is 22.4 Å². The molecule has 0 amide bonds. The Hall–Kier alpha value is -1.90. The van der Waals surface area contributed by atoms with Crippen molar-refractivity contribution in [2.24, 2.45) is 0 Å². The molecule has 1 heterocycles. The van der Waals surface area contributed by atoms with Crippen LogP contribution in [0.2, 0.25) is 0 Å². The monoisotopic (exact) mass is 294 g/mol. The molecule has 1 aromatic heterocycles. The summed E-state index contributed by atoms with van der Waals surface area (Å²) in [5.41, 5.74) is 4.68. The van der Waals surface area contributed by atoms with Crippen LogP contribution in [-0.4, -0.2) is 5.11 Å². The van der Waals surface area contributed by atoms with Crippen LogP contribution in [-0.2, 0) is 6.42 Å². The fourth-order valence-electron chi connectivity index (χ4n) is 2.47. The first-order valence-electron chi connectivity index (χ1n) is 7.09. The minimum Gasteiger partial charge on any atom is -0.383 e. The second-order valence-electron chi connectivity index (χ2n) is 5.27. The van der Waals surface area contributed by atoms with Crippen molar-refractivity contribution in [2.45, 2.75) is 19.4 Å². The fraction of sp³-hybridized carbons (Fsp3) is 0.158. The van der Waals surface area contributed by atoms with Gasteiger partial charge in [-0.05, 0) is 47.0 Å². The number of benzene rings is 2. The molecule has 1 unspecified atom stereocenters. The molecule has 1 N–H and O–H groups in total. The first kappa shape index (κ1) is 14.1. The van der Waals surface area contributed by atoms with E-state index in [-0.39, 0.29) is 0 Å². The van der Waals surface area contributed by atoms with E-state index >= 15 is 0 Å². The van der Waals surface area contributed by atoms with Crippen LogP contribution >= 0.6 is 11.3 Å². The Labute approximate surface area is 129 Å². The van der Waals surface area contributed by atoms with Gasteiger partial charge >= 0.3 is 0 Å². The minimum absolute atomic E-state index is 0.518. The lowest BCUT2D eigenvalue weighted by atomic mass is 10.0. The number of thiophene rings is 1. The molecule has 106 valence electrons. The van der Waals surface area contributed by atoms with Crippen molar-refractivity contribution in [1.29, 1.82) is 0 Å². The third-order valence-corrected chi connectivity index (χ3v) is 4.77. The van der Waals surface area contributed by atoms with Crippen molar-refractivity contribution in [3.8, 4) is 0 Å². The van der Waals surface area contributed by atoms with E-state index < -0.39 is 6.10 Å². The SMILES string of the molecule is Cc1ccsc1C(O)c1ccc(Cc2ccccc2)cc1. The molecule has 1 atom stereocenters. The van der Waals surface area contributed by atoms with Crippen LogP contribution in [0.5, 0.6) is 0 Å². The van der Waals surface area contributed by atoms with Gasteiger partial charge in [-0.3, -0.25) is 0 Å². The van der Waals surface area contributed by atoms with Crippen molar-refractivity contribution in [3.63, 3.8) is 0 Å². The Morgan fingerprint density at radius 3 is 2.19 bits per heavy atom. The quantitative estimate of drug-likeness (QED) is 0.737. The summed E-state index contributed by atoms with van der Waals surface area (Å²) >= 11 is 1.61. The van der Waals surface area contributed by atoms with Crippen LogP contribution in [0.1, 0.15) is 33.2 Å². The van der Waals surface area contributed by atoms with E-state index in [2.05, 4.69) is 36.4 Å². The maximum atomic E-state index is 10.5. The molecule has 0 aliphatic rings. The Morgan fingerprint density at radius 2 is 1.57 bits per heavy atom. The molecular weight excluding hydrogens is 276 g/mol. The van der Waals surface area contributed by atoms with Crippen LogP contribution in [0.4, 0.5) is 0 Å². The molecule has 3 rings (SSSR count). The molecule has 0 radical (unpaired) electrons. The molecule has 0 bridgehead atoms. The largest absolute Gasteiger partial charge is 0.383 e. The van der Waals surface area contributed by atoms with Gasteiger partial charge < -0.3 is 5.11 Å². The molecule has 1 nitrogen and oxygen atoms in total. The third kappa shape index (κ3) is 3.23. The van der Waals surface area contributed by atoms with Crippen molar-refractivity contribution >= 4 is 11.3 Å². The summed E-state index contributed by atoms with van der Waals surface area (Å²) in [7, 11) is 0. The average Bonchev–Trinajstić information content (AvgIpc) is 2.94.